The average molecular weight is 432 g/mol. The third kappa shape index (κ3) is 5.66. The van der Waals surface area contributed by atoms with Gasteiger partial charge in [-0.05, 0) is 60.2 Å². The Morgan fingerprint density at radius 2 is 1.31 bits per heavy atom. The standard InChI is InChI=1S/C25H24N2O5/c1-30-22-15-17(16-23(31-2)24(22)32-3)9-14-21(28)18-10-12-20(13-11-18)27-25(29)26-19-7-5-4-6-8-19/h4-16H,1-3H3,(H2,26,27,29)/b14-9+. The number of methoxy groups -OCH3 is 3. The Hall–Kier alpha value is -4.26. The first kappa shape index (κ1) is 22.4. The summed E-state index contributed by atoms with van der Waals surface area (Å²) in [6.07, 6.45) is 3.14. The van der Waals surface area contributed by atoms with Crippen molar-refractivity contribution in [1.29, 1.82) is 0 Å². The summed E-state index contributed by atoms with van der Waals surface area (Å²) in [5.41, 5.74) is 2.48. The van der Waals surface area contributed by atoms with Crippen molar-refractivity contribution in [2.75, 3.05) is 32.0 Å². The van der Waals surface area contributed by atoms with Crippen LogP contribution in [0.5, 0.6) is 17.2 Å². The molecule has 0 fully saturated rings. The molecule has 0 spiro atoms. The lowest BCUT2D eigenvalue weighted by Crippen LogP contribution is -2.19. The zero-order valence-electron chi connectivity index (χ0n) is 18.0. The quantitative estimate of drug-likeness (QED) is 0.375. The number of allylic oxidation sites excluding steroid dienone is 1. The van der Waals surface area contributed by atoms with Gasteiger partial charge in [-0.3, -0.25) is 4.79 Å². The fourth-order valence-corrected chi connectivity index (χ4v) is 3.00. The molecule has 3 aromatic carbocycles. The van der Waals surface area contributed by atoms with Crippen LogP contribution in [-0.2, 0) is 0 Å². The van der Waals surface area contributed by atoms with Gasteiger partial charge in [0.25, 0.3) is 0 Å². The normalized spacial score (nSPS) is 10.5. The minimum absolute atomic E-state index is 0.181. The largest absolute Gasteiger partial charge is 0.493 e. The molecule has 2 N–H and O–H groups in total. The first-order valence-corrected chi connectivity index (χ1v) is 9.79. The maximum Gasteiger partial charge on any atom is 0.323 e. The van der Waals surface area contributed by atoms with Crippen LogP contribution in [0.25, 0.3) is 6.08 Å². The maximum absolute atomic E-state index is 12.6. The lowest BCUT2D eigenvalue weighted by atomic mass is 10.1. The van der Waals surface area contributed by atoms with Crippen molar-refractivity contribution in [2.24, 2.45) is 0 Å². The first-order chi connectivity index (χ1) is 15.5. The van der Waals surface area contributed by atoms with E-state index in [-0.39, 0.29) is 11.8 Å². The topological polar surface area (TPSA) is 85.9 Å². The fraction of sp³-hybridized carbons (Fsp3) is 0.120. The number of ether oxygens (including phenoxy) is 3. The fourth-order valence-electron chi connectivity index (χ4n) is 3.00. The Labute approximate surface area is 186 Å². The molecule has 0 aliphatic rings. The molecule has 0 saturated heterocycles. The van der Waals surface area contributed by atoms with Crippen molar-refractivity contribution in [1.82, 2.24) is 0 Å². The Morgan fingerprint density at radius 1 is 0.750 bits per heavy atom. The van der Waals surface area contributed by atoms with Crippen LogP contribution < -0.4 is 24.8 Å². The van der Waals surface area contributed by atoms with Gasteiger partial charge in [-0.2, -0.15) is 0 Å². The van der Waals surface area contributed by atoms with E-state index in [1.165, 1.54) is 27.4 Å². The van der Waals surface area contributed by atoms with Gasteiger partial charge >= 0.3 is 6.03 Å². The van der Waals surface area contributed by atoms with Gasteiger partial charge in [-0.25, -0.2) is 4.79 Å². The van der Waals surface area contributed by atoms with E-state index >= 15 is 0 Å². The Bertz CT molecular complexity index is 1080. The minimum atomic E-state index is -0.363. The van der Waals surface area contributed by atoms with Gasteiger partial charge in [0.15, 0.2) is 17.3 Å². The number of anilines is 2. The second kappa shape index (κ2) is 10.7. The zero-order chi connectivity index (χ0) is 22.9. The monoisotopic (exact) mass is 432 g/mol. The molecule has 0 unspecified atom stereocenters. The molecule has 7 nitrogen and oxygen atoms in total. The molecule has 2 amide bonds. The van der Waals surface area contributed by atoms with Crippen molar-refractivity contribution < 1.29 is 23.8 Å². The highest BCUT2D eigenvalue weighted by molar-refractivity contribution is 6.07. The number of nitrogens with one attached hydrogen (secondary N) is 2. The molecule has 32 heavy (non-hydrogen) atoms. The van der Waals surface area contributed by atoms with E-state index in [0.717, 1.165) is 5.56 Å². The Kier molecular flexibility index (Phi) is 7.48. The molecule has 7 heteroatoms. The molecule has 3 rings (SSSR count). The van der Waals surface area contributed by atoms with Crippen LogP contribution in [0.15, 0.2) is 72.8 Å². The molecule has 0 atom stereocenters. The summed E-state index contributed by atoms with van der Waals surface area (Å²) < 4.78 is 16.0. The van der Waals surface area contributed by atoms with Crippen molar-refractivity contribution in [3.05, 3.63) is 83.9 Å². The molecule has 3 aromatic rings. The summed E-state index contributed by atoms with van der Waals surface area (Å²) in [4.78, 5) is 24.6. The summed E-state index contributed by atoms with van der Waals surface area (Å²) in [7, 11) is 4.60. The van der Waals surface area contributed by atoms with Gasteiger partial charge in [0.1, 0.15) is 0 Å². The van der Waals surface area contributed by atoms with Gasteiger partial charge in [0.2, 0.25) is 5.75 Å². The summed E-state index contributed by atoms with van der Waals surface area (Å²) in [6, 6.07) is 18.9. The molecule has 0 aliphatic carbocycles. The zero-order valence-corrected chi connectivity index (χ0v) is 18.0. The van der Waals surface area contributed by atoms with Crippen LogP contribution in [0.2, 0.25) is 0 Å². The Morgan fingerprint density at radius 3 is 1.84 bits per heavy atom. The maximum atomic E-state index is 12.6. The van der Waals surface area contributed by atoms with Crippen molar-refractivity contribution in [3.8, 4) is 17.2 Å². The molecule has 0 aliphatic heterocycles. The molecule has 0 heterocycles. The third-order valence-electron chi connectivity index (χ3n) is 4.57. The molecule has 0 radical (unpaired) electrons. The summed E-state index contributed by atoms with van der Waals surface area (Å²) >= 11 is 0. The van der Waals surface area contributed by atoms with E-state index in [1.54, 1.807) is 54.6 Å². The molecular formula is C25H24N2O5. The second-order valence-corrected chi connectivity index (χ2v) is 6.68. The van der Waals surface area contributed by atoms with Gasteiger partial charge < -0.3 is 24.8 Å². The number of amides is 2. The van der Waals surface area contributed by atoms with E-state index in [2.05, 4.69) is 10.6 Å². The number of carbonyl (C=O) groups is 2. The van der Waals surface area contributed by atoms with Crippen LogP contribution >= 0.6 is 0 Å². The van der Waals surface area contributed by atoms with E-state index in [9.17, 15) is 9.59 Å². The number of hydrogen-bond acceptors (Lipinski definition) is 5. The average Bonchev–Trinajstić information content (AvgIpc) is 2.82. The number of benzene rings is 3. The summed E-state index contributed by atoms with van der Waals surface area (Å²) in [5, 5.41) is 5.47. The van der Waals surface area contributed by atoms with Crippen molar-refractivity contribution in [2.45, 2.75) is 0 Å². The SMILES string of the molecule is COc1cc(/C=C/C(=O)c2ccc(NC(=O)Nc3ccccc3)cc2)cc(OC)c1OC. The first-order valence-electron chi connectivity index (χ1n) is 9.79. The number of hydrogen-bond donors (Lipinski definition) is 2. The number of carbonyl (C=O) groups excluding carboxylic acids is 2. The number of urea groups is 1. The van der Waals surface area contributed by atoms with Crippen LogP contribution in [0.3, 0.4) is 0 Å². The molecule has 164 valence electrons. The van der Waals surface area contributed by atoms with Gasteiger partial charge in [0.05, 0.1) is 21.3 Å². The van der Waals surface area contributed by atoms with Crippen LogP contribution in [0, 0.1) is 0 Å². The molecule has 0 bridgehead atoms. The number of ketones is 1. The van der Waals surface area contributed by atoms with Gasteiger partial charge in [-0.1, -0.05) is 24.3 Å². The van der Waals surface area contributed by atoms with Crippen LogP contribution in [0.4, 0.5) is 16.2 Å². The predicted molar refractivity (Wildman–Crippen MR) is 125 cm³/mol. The van der Waals surface area contributed by atoms with Crippen LogP contribution in [-0.4, -0.2) is 33.1 Å². The van der Waals surface area contributed by atoms with Crippen molar-refractivity contribution >= 4 is 29.3 Å². The lowest BCUT2D eigenvalue weighted by Gasteiger charge is -2.12. The Balaban J connectivity index is 1.66. The summed E-state index contributed by atoms with van der Waals surface area (Å²) in [6.45, 7) is 0. The number of para-hydroxylation sites is 1. The van der Waals surface area contributed by atoms with Gasteiger partial charge in [-0.15, -0.1) is 0 Å². The number of rotatable bonds is 8. The molecular weight excluding hydrogens is 408 g/mol. The second-order valence-electron chi connectivity index (χ2n) is 6.68. The highest BCUT2D eigenvalue weighted by Gasteiger charge is 2.12. The van der Waals surface area contributed by atoms with E-state index < -0.39 is 0 Å². The molecule has 0 aromatic heterocycles. The lowest BCUT2D eigenvalue weighted by molar-refractivity contribution is 0.104. The highest BCUT2D eigenvalue weighted by Crippen LogP contribution is 2.38. The van der Waals surface area contributed by atoms with E-state index in [0.29, 0.717) is 34.2 Å². The summed E-state index contributed by atoms with van der Waals surface area (Å²) in [5.74, 6) is 1.31. The van der Waals surface area contributed by atoms with Crippen LogP contribution in [0.1, 0.15) is 15.9 Å². The van der Waals surface area contributed by atoms with Crippen molar-refractivity contribution in [3.63, 3.8) is 0 Å². The minimum Gasteiger partial charge on any atom is -0.493 e. The highest BCUT2D eigenvalue weighted by atomic mass is 16.5. The van der Waals surface area contributed by atoms with E-state index in [4.69, 9.17) is 14.2 Å². The smallest absolute Gasteiger partial charge is 0.323 e. The van der Waals surface area contributed by atoms with Gasteiger partial charge in [0, 0.05) is 16.9 Å². The third-order valence-corrected chi connectivity index (χ3v) is 4.57. The molecule has 0 saturated carbocycles. The van der Waals surface area contributed by atoms with E-state index in [1.807, 2.05) is 18.2 Å². The predicted octanol–water partition coefficient (Wildman–Crippen LogP) is 5.25.